The van der Waals surface area contributed by atoms with Gasteiger partial charge in [0, 0.05) is 35.4 Å². The third-order valence-corrected chi connectivity index (χ3v) is 6.85. The highest BCUT2D eigenvalue weighted by Crippen LogP contribution is 2.35. The smallest absolute Gasteiger partial charge is 0.255 e. The van der Waals surface area contributed by atoms with Gasteiger partial charge in [-0.15, -0.1) is 11.3 Å². The first-order valence-electron chi connectivity index (χ1n) is 10.9. The van der Waals surface area contributed by atoms with Gasteiger partial charge in [0.1, 0.15) is 6.04 Å². The molecule has 166 valence electrons. The molecule has 7 heteroatoms. The number of carbonyl (C=O) groups excluding carboxylic acids is 2. The lowest BCUT2D eigenvalue weighted by Crippen LogP contribution is -2.37. The Hall–Kier alpha value is -4.23. The number of rotatable bonds is 5. The molecule has 3 heterocycles. The van der Waals surface area contributed by atoms with Crippen LogP contribution < -0.4 is 5.32 Å². The number of carbonyl (C=O) groups is 2. The highest BCUT2D eigenvalue weighted by atomic mass is 32.1. The first-order chi connectivity index (χ1) is 16.7. The van der Waals surface area contributed by atoms with Gasteiger partial charge in [0.15, 0.2) is 5.13 Å². The van der Waals surface area contributed by atoms with Gasteiger partial charge in [-0.1, -0.05) is 48.5 Å². The Bertz CT molecular complexity index is 1510. The van der Waals surface area contributed by atoms with Gasteiger partial charge in [-0.2, -0.15) is 0 Å². The summed E-state index contributed by atoms with van der Waals surface area (Å²) in [4.78, 5) is 35.9. The van der Waals surface area contributed by atoms with Gasteiger partial charge < -0.3 is 9.88 Å². The largest absolute Gasteiger partial charge is 0.361 e. The molecule has 0 unspecified atom stereocenters. The summed E-state index contributed by atoms with van der Waals surface area (Å²) < 4.78 is 0. The maximum Gasteiger partial charge on any atom is 0.255 e. The van der Waals surface area contributed by atoms with Crippen LogP contribution in [0.25, 0.3) is 22.0 Å². The normalized spacial score (nSPS) is 13.8. The monoisotopic (exact) mass is 464 g/mol. The molecule has 6 nitrogen and oxygen atoms in total. The lowest BCUT2D eigenvalue weighted by molar-refractivity contribution is -0.120. The summed E-state index contributed by atoms with van der Waals surface area (Å²) in [6, 6.07) is 22.8. The van der Waals surface area contributed by atoms with E-state index in [9.17, 15) is 9.59 Å². The fourth-order valence-electron chi connectivity index (χ4n) is 4.51. The van der Waals surface area contributed by atoms with Crippen LogP contribution in [0, 0.1) is 0 Å². The zero-order valence-corrected chi connectivity index (χ0v) is 18.9. The Morgan fingerprint density at radius 2 is 1.85 bits per heavy atom. The van der Waals surface area contributed by atoms with Gasteiger partial charge >= 0.3 is 0 Å². The molecule has 0 bridgehead atoms. The molecular formula is C27H20N4O2S. The second kappa shape index (κ2) is 8.28. The zero-order chi connectivity index (χ0) is 23.1. The minimum absolute atomic E-state index is 0.150. The molecule has 0 radical (unpaired) electrons. The van der Waals surface area contributed by atoms with Crippen LogP contribution in [-0.4, -0.2) is 26.7 Å². The first kappa shape index (κ1) is 20.4. The van der Waals surface area contributed by atoms with Crippen LogP contribution in [0.2, 0.25) is 0 Å². The van der Waals surface area contributed by atoms with E-state index in [4.69, 9.17) is 0 Å². The van der Waals surface area contributed by atoms with Crippen LogP contribution in [0.5, 0.6) is 0 Å². The van der Waals surface area contributed by atoms with Gasteiger partial charge in [-0.05, 0) is 51.9 Å². The van der Waals surface area contributed by atoms with E-state index < -0.39 is 6.04 Å². The number of thiazole rings is 1. The number of aromatic amines is 1. The molecule has 2 N–H and O–H groups in total. The van der Waals surface area contributed by atoms with Crippen molar-refractivity contribution in [2.75, 3.05) is 5.32 Å². The van der Waals surface area contributed by atoms with Gasteiger partial charge in [0.2, 0.25) is 0 Å². The molecule has 0 spiro atoms. The molecule has 2 amide bonds. The molecule has 0 aliphatic carbocycles. The van der Waals surface area contributed by atoms with E-state index in [1.165, 1.54) is 11.3 Å². The van der Waals surface area contributed by atoms with Crippen LogP contribution in [0.15, 0.2) is 90.6 Å². The average molecular weight is 465 g/mol. The van der Waals surface area contributed by atoms with Crippen molar-refractivity contribution in [1.82, 2.24) is 14.9 Å². The maximum atomic E-state index is 13.6. The van der Waals surface area contributed by atoms with Crippen molar-refractivity contribution >= 4 is 39.2 Å². The summed E-state index contributed by atoms with van der Waals surface area (Å²) in [6.07, 6.45) is 3.56. The topological polar surface area (TPSA) is 78.1 Å². The zero-order valence-electron chi connectivity index (χ0n) is 18.1. The number of benzene rings is 3. The van der Waals surface area contributed by atoms with Gasteiger partial charge in [0.25, 0.3) is 11.8 Å². The van der Waals surface area contributed by atoms with Crippen molar-refractivity contribution in [2.24, 2.45) is 0 Å². The Labute approximate surface area is 199 Å². The summed E-state index contributed by atoms with van der Waals surface area (Å²) in [7, 11) is 0. The second-order valence-electron chi connectivity index (χ2n) is 8.22. The van der Waals surface area contributed by atoms with Crippen molar-refractivity contribution < 1.29 is 9.59 Å². The quantitative estimate of drug-likeness (QED) is 0.354. The maximum absolute atomic E-state index is 13.6. The number of anilines is 1. The second-order valence-corrected chi connectivity index (χ2v) is 9.12. The third kappa shape index (κ3) is 3.56. The van der Waals surface area contributed by atoms with E-state index >= 15 is 0 Å². The predicted octanol–water partition coefficient (Wildman–Crippen LogP) is 5.63. The van der Waals surface area contributed by atoms with Gasteiger partial charge in [-0.25, -0.2) is 4.98 Å². The Balaban J connectivity index is 1.35. The highest BCUT2D eigenvalue weighted by Gasteiger charge is 2.37. The minimum atomic E-state index is -0.760. The number of fused-ring (bicyclic) bond motifs is 2. The number of aromatic nitrogens is 2. The predicted molar refractivity (Wildman–Crippen MR) is 134 cm³/mol. The molecule has 0 saturated carbocycles. The van der Waals surface area contributed by atoms with Crippen molar-refractivity contribution in [1.29, 1.82) is 0 Å². The number of hydrogen-bond donors (Lipinski definition) is 2. The van der Waals surface area contributed by atoms with Crippen molar-refractivity contribution in [2.45, 2.75) is 12.6 Å². The van der Waals surface area contributed by atoms with Crippen molar-refractivity contribution in [3.8, 4) is 11.1 Å². The molecule has 2 aromatic heterocycles. The number of hydrogen-bond acceptors (Lipinski definition) is 4. The molecule has 0 fully saturated rings. The third-order valence-electron chi connectivity index (χ3n) is 6.17. The van der Waals surface area contributed by atoms with E-state index in [0.717, 1.165) is 33.2 Å². The van der Waals surface area contributed by atoms with Gasteiger partial charge in [-0.3, -0.25) is 14.9 Å². The van der Waals surface area contributed by atoms with Crippen molar-refractivity contribution in [3.63, 3.8) is 0 Å². The molecule has 34 heavy (non-hydrogen) atoms. The van der Waals surface area contributed by atoms with Crippen LogP contribution in [-0.2, 0) is 11.3 Å². The number of nitrogens with zero attached hydrogens (tertiary/aromatic N) is 2. The molecule has 1 atom stereocenters. The van der Waals surface area contributed by atoms with E-state index in [1.54, 1.807) is 16.5 Å². The summed E-state index contributed by atoms with van der Waals surface area (Å²) in [5, 5.41) is 6.30. The molecular weight excluding hydrogens is 444 g/mol. The summed E-state index contributed by atoms with van der Waals surface area (Å²) in [5.74, 6) is -0.428. The summed E-state index contributed by atoms with van der Waals surface area (Å²) in [5.41, 5.74) is 5.40. The molecule has 6 rings (SSSR count). The average Bonchev–Trinajstić information content (AvgIpc) is 3.61. The van der Waals surface area contributed by atoms with Gasteiger partial charge in [0.05, 0.1) is 0 Å². The molecule has 1 aliphatic heterocycles. The van der Waals surface area contributed by atoms with E-state index in [1.807, 2.05) is 72.9 Å². The summed E-state index contributed by atoms with van der Waals surface area (Å²) >= 11 is 1.35. The lowest BCUT2D eigenvalue weighted by atomic mass is 9.99. The Morgan fingerprint density at radius 1 is 1.03 bits per heavy atom. The standard InChI is InChI=1S/C27H20N4O2S/c32-25(30-27-29-12-13-34-27)24(17-4-2-1-3-5-17)31-16-21-7-6-19(15-22(21)26(31)33)18-8-9-23-20(14-18)10-11-28-23/h1-15,24,28H,16H2,(H,29,30,32)/t24-/m1/s1. The number of H-pyrrole nitrogens is 1. The van der Waals surface area contributed by atoms with Crippen molar-refractivity contribution in [3.05, 3.63) is 107 Å². The molecule has 0 saturated heterocycles. The van der Waals surface area contributed by atoms with E-state index in [-0.39, 0.29) is 11.8 Å². The van der Waals surface area contributed by atoms with Crippen LogP contribution in [0.1, 0.15) is 27.5 Å². The molecule has 1 aliphatic rings. The van der Waals surface area contributed by atoms with E-state index in [0.29, 0.717) is 17.2 Å². The Morgan fingerprint density at radius 3 is 2.68 bits per heavy atom. The highest BCUT2D eigenvalue weighted by molar-refractivity contribution is 7.13. The summed E-state index contributed by atoms with van der Waals surface area (Å²) in [6.45, 7) is 0.371. The Kier molecular flexibility index (Phi) is 4.96. The van der Waals surface area contributed by atoms with Crippen LogP contribution in [0.3, 0.4) is 0 Å². The van der Waals surface area contributed by atoms with Crippen LogP contribution >= 0.6 is 11.3 Å². The molecule has 5 aromatic rings. The molecule has 3 aromatic carbocycles. The van der Waals surface area contributed by atoms with Crippen LogP contribution in [0.4, 0.5) is 5.13 Å². The first-order valence-corrected chi connectivity index (χ1v) is 11.8. The number of amides is 2. The number of nitrogens with one attached hydrogen (secondary N) is 2. The fourth-order valence-corrected chi connectivity index (χ4v) is 5.04. The minimum Gasteiger partial charge on any atom is -0.361 e. The fraction of sp³-hybridized carbons (Fsp3) is 0.0741. The van der Waals surface area contributed by atoms with E-state index in [2.05, 4.69) is 21.4 Å². The SMILES string of the molecule is O=C(Nc1nccs1)[C@@H](c1ccccc1)N1Cc2ccc(-c3ccc4[nH]ccc4c3)cc2C1=O. The lowest BCUT2D eigenvalue weighted by Gasteiger charge is -2.27.